The number of carbonyl (C=O) groups is 1. The number of Topliss-reactive ketones (excluding diaryl/α,β-unsaturated/α-hetero) is 1. The molecule has 146 valence electrons. The second-order valence-electron chi connectivity index (χ2n) is 6.09. The van der Waals surface area contributed by atoms with E-state index in [9.17, 15) is 28.4 Å². The summed E-state index contributed by atoms with van der Waals surface area (Å²) in [5, 5.41) is 28.3. The largest absolute Gasteiger partial charge is 0.618 e. The van der Waals surface area contributed by atoms with Crippen LogP contribution < -0.4 is 19.7 Å². The Hall–Kier alpha value is -2.33. The Morgan fingerprint density at radius 3 is 2.37 bits per heavy atom. The highest BCUT2D eigenvalue weighted by molar-refractivity contribution is 6.34. The first kappa shape index (κ1) is 19.4. The first-order valence-electron chi connectivity index (χ1n) is 8.25. The number of piperazine rings is 1. The van der Waals surface area contributed by atoms with E-state index in [1.807, 2.05) is 4.90 Å². The fourth-order valence-electron chi connectivity index (χ4n) is 3.11. The number of nitrogens with one attached hydrogen (secondary N) is 1. The molecular weight excluding hydrogens is 389 g/mol. The average molecular weight is 405 g/mol. The minimum atomic E-state index is -5.17. The number of anilines is 1. The highest BCUT2D eigenvalue weighted by Gasteiger charge is 2.51. The van der Waals surface area contributed by atoms with Crippen LogP contribution in [0, 0.1) is 10.4 Å². The number of nitrogens with zero attached hydrogens (tertiary/aromatic N) is 3. The van der Waals surface area contributed by atoms with Gasteiger partial charge in [-0.25, -0.2) is 0 Å². The molecule has 0 bridgehead atoms. The monoisotopic (exact) mass is 404 g/mol. The number of aromatic nitrogens is 2. The molecule has 2 heterocycles. The van der Waals surface area contributed by atoms with Gasteiger partial charge in [0.25, 0.3) is 11.0 Å². The third-order valence-corrected chi connectivity index (χ3v) is 4.73. The van der Waals surface area contributed by atoms with Crippen LogP contribution in [0.4, 0.5) is 18.9 Å². The van der Waals surface area contributed by atoms with Crippen molar-refractivity contribution in [3.63, 3.8) is 0 Å². The van der Waals surface area contributed by atoms with Gasteiger partial charge in [0.1, 0.15) is 0 Å². The van der Waals surface area contributed by atoms with E-state index in [4.69, 9.17) is 11.6 Å². The highest BCUT2D eigenvalue weighted by atomic mass is 35.5. The fourth-order valence-corrected chi connectivity index (χ4v) is 3.39. The number of rotatable bonds is 3. The SMILES string of the molecule is CCC(=O)c1c(C(F)(F)F)[n+]([O-])c2cc(Cl)c(N3CCNCC3)cc2[n+]1[O-]. The number of fused-ring (bicyclic) bond motifs is 1. The van der Waals surface area contributed by atoms with Gasteiger partial charge >= 0.3 is 17.6 Å². The number of hydrogen-bond acceptors (Lipinski definition) is 5. The molecule has 0 saturated carbocycles. The van der Waals surface area contributed by atoms with Crippen LogP contribution in [0.2, 0.25) is 5.02 Å². The second kappa shape index (κ2) is 7.01. The molecule has 0 aliphatic carbocycles. The first-order valence-corrected chi connectivity index (χ1v) is 8.63. The highest BCUT2D eigenvalue weighted by Crippen LogP contribution is 2.33. The normalized spacial score (nSPS) is 15.4. The molecule has 0 radical (unpaired) electrons. The molecule has 0 spiro atoms. The lowest BCUT2D eigenvalue weighted by Gasteiger charge is -2.30. The van der Waals surface area contributed by atoms with Gasteiger partial charge in [0.2, 0.25) is 5.78 Å². The molecule has 1 fully saturated rings. The quantitative estimate of drug-likeness (QED) is 0.479. The third kappa shape index (κ3) is 3.34. The van der Waals surface area contributed by atoms with Gasteiger partial charge in [0, 0.05) is 44.7 Å². The Bertz CT molecular complexity index is 914. The van der Waals surface area contributed by atoms with Gasteiger partial charge in [-0.15, -0.1) is 4.73 Å². The van der Waals surface area contributed by atoms with E-state index in [0.717, 1.165) is 6.07 Å². The topological polar surface area (TPSA) is 86.2 Å². The molecule has 1 aliphatic rings. The predicted octanol–water partition coefficient (Wildman–Crippen LogP) is 1.78. The van der Waals surface area contributed by atoms with E-state index < -0.39 is 33.6 Å². The summed E-state index contributed by atoms with van der Waals surface area (Å²) < 4.78 is 39.7. The molecule has 0 amide bonds. The van der Waals surface area contributed by atoms with Crippen molar-refractivity contribution in [2.75, 3.05) is 31.1 Å². The Balaban J connectivity index is 2.34. The van der Waals surface area contributed by atoms with E-state index in [1.54, 1.807) is 0 Å². The van der Waals surface area contributed by atoms with Gasteiger partial charge in [-0.2, -0.15) is 17.9 Å². The molecule has 1 aliphatic heterocycles. The summed E-state index contributed by atoms with van der Waals surface area (Å²) in [6, 6.07) is 2.29. The maximum atomic E-state index is 13.4. The number of benzene rings is 1. The summed E-state index contributed by atoms with van der Waals surface area (Å²) in [6.07, 6.45) is -5.53. The molecule has 11 heteroatoms. The molecule has 1 aromatic carbocycles. The minimum absolute atomic E-state index is 0.0525. The second-order valence-corrected chi connectivity index (χ2v) is 6.50. The molecule has 27 heavy (non-hydrogen) atoms. The fraction of sp³-hybridized carbons (Fsp3) is 0.438. The van der Waals surface area contributed by atoms with Crippen LogP contribution in [0.25, 0.3) is 11.0 Å². The van der Waals surface area contributed by atoms with E-state index in [2.05, 4.69) is 5.32 Å². The summed E-state index contributed by atoms with van der Waals surface area (Å²) in [5.74, 6) is -1.07. The van der Waals surface area contributed by atoms with Crippen LogP contribution in [0.1, 0.15) is 29.5 Å². The van der Waals surface area contributed by atoms with Crippen molar-refractivity contribution in [2.24, 2.45) is 0 Å². The molecule has 2 aromatic rings. The number of halogens is 4. The zero-order valence-electron chi connectivity index (χ0n) is 14.3. The van der Waals surface area contributed by atoms with Crippen molar-refractivity contribution in [2.45, 2.75) is 19.5 Å². The molecule has 3 rings (SSSR count). The third-order valence-electron chi connectivity index (χ3n) is 4.42. The molecule has 7 nitrogen and oxygen atoms in total. The van der Waals surface area contributed by atoms with Crippen LogP contribution >= 0.6 is 11.6 Å². The number of hydrogen-bond donors (Lipinski definition) is 1. The Labute approximate surface area is 157 Å². The summed E-state index contributed by atoms with van der Waals surface area (Å²) in [6.45, 7) is 3.79. The lowest BCUT2D eigenvalue weighted by molar-refractivity contribution is -0.647. The Kier molecular flexibility index (Phi) is 5.04. The molecule has 1 saturated heterocycles. The summed E-state index contributed by atoms with van der Waals surface area (Å²) >= 11 is 6.18. The Morgan fingerprint density at radius 2 is 1.81 bits per heavy atom. The zero-order chi connectivity index (χ0) is 19.9. The average Bonchev–Trinajstić information content (AvgIpc) is 2.63. The van der Waals surface area contributed by atoms with Crippen LogP contribution in [-0.2, 0) is 6.18 Å². The van der Waals surface area contributed by atoms with E-state index in [0.29, 0.717) is 31.9 Å². The molecule has 0 atom stereocenters. The summed E-state index contributed by atoms with van der Waals surface area (Å²) in [5.41, 5.74) is -3.50. The van der Waals surface area contributed by atoms with Gasteiger partial charge in [-0.1, -0.05) is 18.5 Å². The number of ketones is 1. The maximum Gasteiger partial charge on any atom is 0.486 e. The van der Waals surface area contributed by atoms with Gasteiger partial charge in [-0.3, -0.25) is 4.79 Å². The van der Waals surface area contributed by atoms with Crippen molar-refractivity contribution in [1.82, 2.24) is 5.32 Å². The lowest BCUT2D eigenvalue weighted by atomic mass is 10.1. The van der Waals surface area contributed by atoms with E-state index >= 15 is 0 Å². The van der Waals surface area contributed by atoms with Crippen molar-refractivity contribution < 1.29 is 27.4 Å². The van der Waals surface area contributed by atoms with Crippen molar-refractivity contribution in [3.05, 3.63) is 39.0 Å². The lowest BCUT2D eigenvalue weighted by Crippen LogP contribution is -2.50. The van der Waals surface area contributed by atoms with Crippen molar-refractivity contribution >= 4 is 34.1 Å². The maximum absolute atomic E-state index is 13.4. The van der Waals surface area contributed by atoms with Crippen LogP contribution in [0.3, 0.4) is 0 Å². The van der Waals surface area contributed by atoms with Gasteiger partial charge in [0.15, 0.2) is 0 Å². The molecular formula is C16H16ClF3N4O3. The van der Waals surface area contributed by atoms with E-state index in [1.165, 1.54) is 13.0 Å². The van der Waals surface area contributed by atoms with Gasteiger partial charge in [-0.05, 0) is 0 Å². The van der Waals surface area contributed by atoms with Crippen molar-refractivity contribution in [1.29, 1.82) is 0 Å². The standard InChI is InChI=1S/C16H16ClF3N4O3/c1-2-13(25)14-15(16(18,19)20)24(27)11-7-9(17)10(8-12(11)23(14)26)22-5-3-21-4-6-22/h7-8,21H,2-6H2,1H3. The first-order chi connectivity index (χ1) is 12.7. The molecule has 1 N–H and O–H groups in total. The smallest absolute Gasteiger partial charge is 0.486 e. The van der Waals surface area contributed by atoms with E-state index in [-0.39, 0.29) is 21.7 Å². The van der Waals surface area contributed by atoms with Crippen LogP contribution in [0.5, 0.6) is 0 Å². The number of carbonyl (C=O) groups excluding carboxylic acids is 1. The summed E-state index contributed by atoms with van der Waals surface area (Å²) in [4.78, 5) is 13.9. The molecule has 1 aromatic heterocycles. The number of alkyl halides is 3. The van der Waals surface area contributed by atoms with Gasteiger partial charge in [0.05, 0.1) is 10.7 Å². The predicted molar refractivity (Wildman–Crippen MR) is 91.6 cm³/mol. The van der Waals surface area contributed by atoms with Gasteiger partial charge < -0.3 is 20.6 Å². The van der Waals surface area contributed by atoms with Crippen LogP contribution in [-0.4, -0.2) is 32.0 Å². The molecule has 0 unspecified atom stereocenters. The summed E-state index contributed by atoms with van der Waals surface area (Å²) in [7, 11) is 0. The minimum Gasteiger partial charge on any atom is -0.618 e. The van der Waals surface area contributed by atoms with Crippen LogP contribution in [0.15, 0.2) is 12.1 Å². The van der Waals surface area contributed by atoms with Crippen molar-refractivity contribution in [3.8, 4) is 0 Å². The zero-order valence-corrected chi connectivity index (χ0v) is 15.0. The Morgan fingerprint density at radius 1 is 1.22 bits per heavy atom.